The quantitative estimate of drug-likeness (QED) is 0.569. The van der Waals surface area contributed by atoms with Gasteiger partial charge in [0.1, 0.15) is 0 Å². The summed E-state index contributed by atoms with van der Waals surface area (Å²) in [4.78, 5) is 21.5. The molecule has 3 N–H and O–H groups in total. The van der Waals surface area contributed by atoms with E-state index in [0.717, 1.165) is 12.8 Å². The molecule has 0 heterocycles. The van der Waals surface area contributed by atoms with Gasteiger partial charge < -0.3 is 20.5 Å². The van der Waals surface area contributed by atoms with Crippen molar-refractivity contribution >= 4 is 12.0 Å². The number of carbonyl (C=O) groups excluding carboxylic acids is 1. The molecule has 2 amide bonds. The first-order valence-corrected chi connectivity index (χ1v) is 6.53. The van der Waals surface area contributed by atoms with Crippen LogP contribution in [0.1, 0.15) is 38.5 Å². The van der Waals surface area contributed by atoms with Crippen LogP contribution in [0.15, 0.2) is 0 Å². The predicted molar refractivity (Wildman–Crippen MR) is 66.5 cm³/mol. The molecule has 1 aliphatic carbocycles. The van der Waals surface area contributed by atoms with E-state index < -0.39 is 5.97 Å². The third-order valence-electron chi connectivity index (χ3n) is 2.90. The summed E-state index contributed by atoms with van der Waals surface area (Å²) >= 11 is 0. The van der Waals surface area contributed by atoms with Crippen LogP contribution in [0.5, 0.6) is 0 Å². The number of carboxylic acid groups (broad SMARTS) is 1. The van der Waals surface area contributed by atoms with Crippen LogP contribution < -0.4 is 10.6 Å². The number of nitrogens with one attached hydrogen (secondary N) is 2. The highest BCUT2D eigenvalue weighted by atomic mass is 16.5. The van der Waals surface area contributed by atoms with Crippen molar-refractivity contribution in [2.75, 3.05) is 19.7 Å². The maximum atomic E-state index is 11.3. The summed E-state index contributed by atoms with van der Waals surface area (Å²) in [6, 6.07) is -0.268. The van der Waals surface area contributed by atoms with Gasteiger partial charge in [-0.3, -0.25) is 4.79 Å². The van der Waals surface area contributed by atoms with Gasteiger partial charge in [0, 0.05) is 19.5 Å². The van der Waals surface area contributed by atoms with E-state index >= 15 is 0 Å². The summed E-state index contributed by atoms with van der Waals surface area (Å²) in [6.45, 7) is 1.40. The number of ether oxygens (including phenoxy) is 1. The lowest BCUT2D eigenvalue weighted by Gasteiger charge is -2.11. The van der Waals surface area contributed by atoms with E-state index in [2.05, 4.69) is 10.6 Å². The number of hydrogen-bond acceptors (Lipinski definition) is 3. The van der Waals surface area contributed by atoms with Crippen molar-refractivity contribution in [1.29, 1.82) is 0 Å². The van der Waals surface area contributed by atoms with Gasteiger partial charge in [-0.15, -0.1) is 0 Å². The average molecular weight is 258 g/mol. The second kappa shape index (κ2) is 8.74. The summed E-state index contributed by atoms with van der Waals surface area (Å²) in [5.74, 6) is -0.845. The van der Waals surface area contributed by atoms with Crippen molar-refractivity contribution in [3.63, 3.8) is 0 Å². The van der Waals surface area contributed by atoms with Crippen LogP contribution in [-0.4, -0.2) is 42.9 Å². The van der Waals surface area contributed by atoms with Gasteiger partial charge in [-0.2, -0.15) is 0 Å². The van der Waals surface area contributed by atoms with E-state index in [0.29, 0.717) is 32.2 Å². The third kappa shape index (κ3) is 7.11. The van der Waals surface area contributed by atoms with Gasteiger partial charge in [0.15, 0.2) is 0 Å². The Labute approximate surface area is 107 Å². The Morgan fingerprint density at radius 1 is 1.17 bits per heavy atom. The summed E-state index contributed by atoms with van der Waals surface area (Å²) in [5, 5.41) is 13.7. The number of urea groups is 1. The molecule has 18 heavy (non-hydrogen) atoms. The Balaban J connectivity index is 1.88. The van der Waals surface area contributed by atoms with Gasteiger partial charge >= 0.3 is 12.0 Å². The number of hydrogen-bond donors (Lipinski definition) is 3. The molecule has 0 atom stereocenters. The second-order valence-corrected chi connectivity index (χ2v) is 4.46. The summed E-state index contributed by atoms with van der Waals surface area (Å²) in [7, 11) is 0. The van der Waals surface area contributed by atoms with Gasteiger partial charge in [-0.25, -0.2) is 4.79 Å². The van der Waals surface area contributed by atoms with Crippen molar-refractivity contribution in [2.45, 2.75) is 44.6 Å². The molecular weight excluding hydrogens is 236 g/mol. The lowest BCUT2D eigenvalue weighted by atomic mass is 10.3. The van der Waals surface area contributed by atoms with E-state index in [1.54, 1.807) is 0 Å². The summed E-state index contributed by atoms with van der Waals surface area (Å²) in [6.07, 6.45) is 5.62. The number of carboxylic acids is 1. The zero-order valence-electron chi connectivity index (χ0n) is 10.6. The number of aliphatic carboxylic acids is 1. The lowest BCUT2D eigenvalue weighted by molar-refractivity contribution is -0.137. The largest absolute Gasteiger partial charge is 0.481 e. The van der Waals surface area contributed by atoms with E-state index in [9.17, 15) is 9.59 Å². The molecule has 6 nitrogen and oxygen atoms in total. The van der Waals surface area contributed by atoms with Crippen molar-refractivity contribution in [1.82, 2.24) is 10.6 Å². The zero-order valence-corrected chi connectivity index (χ0v) is 10.6. The van der Waals surface area contributed by atoms with Crippen LogP contribution in [0, 0.1) is 0 Å². The lowest BCUT2D eigenvalue weighted by Crippen LogP contribution is -2.38. The SMILES string of the molecule is O=C(O)CCCNC(=O)NCCOC1CCCC1. The number of carbonyl (C=O) groups is 2. The molecule has 0 bridgehead atoms. The molecule has 0 unspecified atom stereocenters. The number of amides is 2. The molecular formula is C12H22N2O4. The Morgan fingerprint density at radius 3 is 2.50 bits per heavy atom. The zero-order chi connectivity index (χ0) is 13.2. The molecule has 0 aromatic carbocycles. The van der Waals surface area contributed by atoms with E-state index in [-0.39, 0.29) is 12.5 Å². The molecule has 1 saturated carbocycles. The van der Waals surface area contributed by atoms with E-state index in [1.165, 1.54) is 12.8 Å². The molecule has 0 aromatic rings. The fourth-order valence-electron chi connectivity index (χ4n) is 1.95. The predicted octanol–water partition coefficient (Wildman–Crippen LogP) is 1.11. The van der Waals surface area contributed by atoms with Crippen LogP contribution in [0.3, 0.4) is 0 Å². The summed E-state index contributed by atoms with van der Waals surface area (Å²) in [5.41, 5.74) is 0. The maximum Gasteiger partial charge on any atom is 0.314 e. The fraction of sp³-hybridized carbons (Fsp3) is 0.833. The highest BCUT2D eigenvalue weighted by Crippen LogP contribution is 2.20. The van der Waals surface area contributed by atoms with Crippen LogP contribution in [0.4, 0.5) is 4.79 Å². The van der Waals surface area contributed by atoms with Crippen LogP contribution in [0.2, 0.25) is 0 Å². The first kappa shape index (κ1) is 14.8. The molecule has 1 rings (SSSR count). The average Bonchev–Trinajstić information content (AvgIpc) is 2.83. The molecule has 1 aliphatic rings. The van der Waals surface area contributed by atoms with Crippen LogP contribution >= 0.6 is 0 Å². The molecule has 6 heteroatoms. The smallest absolute Gasteiger partial charge is 0.314 e. The molecule has 0 saturated heterocycles. The minimum atomic E-state index is -0.845. The van der Waals surface area contributed by atoms with Crippen molar-refractivity contribution in [3.8, 4) is 0 Å². The Bertz CT molecular complexity index is 265. The monoisotopic (exact) mass is 258 g/mol. The molecule has 0 aromatic heterocycles. The molecule has 0 aliphatic heterocycles. The van der Waals surface area contributed by atoms with Gasteiger partial charge in [0.2, 0.25) is 0 Å². The van der Waals surface area contributed by atoms with Gasteiger partial charge in [0.25, 0.3) is 0 Å². The van der Waals surface area contributed by atoms with Gasteiger partial charge in [-0.05, 0) is 19.3 Å². The van der Waals surface area contributed by atoms with Crippen molar-refractivity contribution in [2.24, 2.45) is 0 Å². The highest BCUT2D eigenvalue weighted by Gasteiger charge is 2.14. The van der Waals surface area contributed by atoms with Crippen LogP contribution in [0.25, 0.3) is 0 Å². The molecule has 0 spiro atoms. The van der Waals surface area contributed by atoms with Crippen LogP contribution in [-0.2, 0) is 9.53 Å². The summed E-state index contributed by atoms with van der Waals surface area (Å²) < 4.78 is 5.59. The topological polar surface area (TPSA) is 87.7 Å². The maximum absolute atomic E-state index is 11.3. The highest BCUT2D eigenvalue weighted by molar-refractivity contribution is 5.73. The van der Waals surface area contributed by atoms with E-state index in [1.807, 2.05) is 0 Å². The first-order chi connectivity index (χ1) is 8.68. The fourth-order valence-corrected chi connectivity index (χ4v) is 1.95. The van der Waals surface area contributed by atoms with Crippen molar-refractivity contribution < 1.29 is 19.4 Å². The molecule has 1 fully saturated rings. The minimum Gasteiger partial charge on any atom is -0.481 e. The Hall–Kier alpha value is -1.30. The Kier molecular flexibility index (Phi) is 7.17. The molecule has 104 valence electrons. The van der Waals surface area contributed by atoms with E-state index in [4.69, 9.17) is 9.84 Å². The first-order valence-electron chi connectivity index (χ1n) is 6.53. The number of rotatable bonds is 8. The molecule has 0 radical (unpaired) electrons. The standard InChI is InChI=1S/C12H22N2O4/c15-11(16)6-3-7-13-12(17)14-8-9-18-10-4-1-2-5-10/h10H,1-9H2,(H,15,16)(H2,13,14,17). The second-order valence-electron chi connectivity index (χ2n) is 4.46. The van der Waals surface area contributed by atoms with Crippen molar-refractivity contribution in [3.05, 3.63) is 0 Å². The minimum absolute atomic E-state index is 0.0745. The van der Waals surface area contributed by atoms with Gasteiger partial charge in [-0.1, -0.05) is 12.8 Å². The third-order valence-corrected chi connectivity index (χ3v) is 2.90. The Morgan fingerprint density at radius 2 is 1.83 bits per heavy atom. The van der Waals surface area contributed by atoms with Gasteiger partial charge in [0.05, 0.1) is 12.7 Å². The normalized spacial score (nSPS) is 15.6.